The van der Waals surface area contributed by atoms with Crippen LogP contribution in [-0.2, 0) is 0 Å². The molecule has 5 heteroatoms. The van der Waals surface area contributed by atoms with Gasteiger partial charge in [0.25, 0.3) is 5.91 Å². The summed E-state index contributed by atoms with van der Waals surface area (Å²) in [5.41, 5.74) is 0.376. The summed E-state index contributed by atoms with van der Waals surface area (Å²) in [5, 5.41) is 3.70. The number of nitrogens with one attached hydrogen (secondary N) is 1. The number of rotatable bonds is 3. The number of hydrogen-bond donors (Lipinski definition) is 1. The van der Waals surface area contributed by atoms with Crippen LogP contribution >= 0.6 is 35.0 Å². The molecule has 1 amide bonds. The Hall–Kier alpha value is -0.380. The van der Waals surface area contributed by atoms with Crippen LogP contribution in [0.4, 0.5) is 0 Å². The van der Waals surface area contributed by atoms with Crippen molar-refractivity contribution in [3.8, 4) is 0 Å². The summed E-state index contributed by atoms with van der Waals surface area (Å²) in [6.45, 7) is 0.702. The van der Waals surface area contributed by atoms with E-state index in [0.717, 1.165) is 5.75 Å². The molecule has 0 aliphatic carbocycles. The Labute approximate surface area is 115 Å². The molecule has 1 unspecified atom stereocenters. The van der Waals surface area contributed by atoms with Crippen LogP contribution in [0.15, 0.2) is 18.2 Å². The minimum Gasteiger partial charge on any atom is -0.352 e. The van der Waals surface area contributed by atoms with Gasteiger partial charge in [0.05, 0.1) is 15.6 Å². The predicted octanol–water partition coefficient (Wildman–Crippen LogP) is 3.48. The molecule has 1 fully saturated rings. The molecule has 0 spiro atoms. The molecular formula is C12H13Cl2NOS. The van der Waals surface area contributed by atoms with Crippen LogP contribution in [0.2, 0.25) is 10.0 Å². The molecule has 0 radical (unpaired) electrons. The molecule has 1 aliphatic rings. The minimum absolute atomic E-state index is 0.183. The number of halogens is 2. The van der Waals surface area contributed by atoms with Gasteiger partial charge in [-0.1, -0.05) is 29.3 Å². The van der Waals surface area contributed by atoms with Crippen molar-refractivity contribution in [3.05, 3.63) is 33.8 Å². The van der Waals surface area contributed by atoms with E-state index in [4.69, 9.17) is 23.2 Å². The van der Waals surface area contributed by atoms with Crippen LogP contribution in [0.5, 0.6) is 0 Å². The monoisotopic (exact) mass is 289 g/mol. The van der Waals surface area contributed by atoms with Crippen molar-refractivity contribution in [1.29, 1.82) is 0 Å². The van der Waals surface area contributed by atoms with Gasteiger partial charge in [0.2, 0.25) is 0 Å². The molecule has 17 heavy (non-hydrogen) atoms. The molecule has 2 nitrogen and oxygen atoms in total. The summed E-state index contributed by atoms with van der Waals surface area (Å²) in [7, 11) is 0. The SMILES string of the molecule is O=C(NCC1CCSC1)c1c(Cl)cccc1Cl. The first kappa shape index (κ1) is 13.1. The third kappa shape index (κ3) is 3.30. The third-order valence-corrected chi connectivity index (χ3v) is 4.63. The Morgan fingerprint density at radius 2 is 2.12 bits per heavy atom. The van der Waals surface area contributed by atoms with Crippen LogP contribution in [0.1, 0.15) is 16.8 Å². The number of carbonyl (C=O) groups excluding carboxylic acids is 1. The second kappa shape index (κ2) is 5.98. The molecular weight excluding hydrogens is 277 g/mol. The Bertz CT molecular complexity index is 399. The summed E-state index contributed by atoms with van der Waals surface area (Å²) in [5.74, 6) is 2.70. The highest BCUT2D eigenvalue weighted by molar-refractivity contribution is 7.99. The van der Waals surface area contributed by atoms with E-state index in [9.17, 15) is 4.79 Å². The van der Waals surface area contributed by atoms with Crippen LogP contribution in [0, 0.1) is 5.92 Å². The van der Waals surface area contributed by atoms with Crippen molar-refractivity contribution in [2.45, 2.75) is 6.42 Å². The van der Waals surface area contributed by atoms with Crippen molar-refractivity contribution >= 4 is 40.9 Å². The van der Waals surface area contributed by atoms with E-state index >= 15 is 0 Å². The first-order valence-corrected chi connectivity index (χ1v) is 7.39. The van der Waals surface area contributed by atoms with Gasteiger partial charge in [-0.05, 0) is 36.0 Å². The first-order chi connectivity index (χ1) is 8.18. The standard InChI is InChI=1S/C12H13Cl2NOS/c13-9-2-1-3-10(14)11(9)12(16)15-6-8-4-5-17-7-8/h1-3,8H,4-7H2,(H,15,16). The molecule has 0 aromatic heterocycles. The van der Waals surface area contributed by atoms with E-state index in [1.54, 1.807) is 18.2 Å². The van der Waals surface area contributed by atoms with Gasteiger partial charge in [0.1, 0.15) is 0 Å². The lowest BCUT2D eigenvalue weighted by atomic mass is 10.1. The molecule has 1 atom stereocenters. The Morgan fingerprint density at radius 3 is 2.71 bits per heavy atom. The maximum absolute atomic E-state index is 12.0. The Kier molecular flexibility index (Phi) is 4.60. The first-order valence-electron chi connectivity index (χ1n) is 5.48. The topological polar surface area (TPSA) is 29.1 Å². The zero-order valence-corrected chi connectivity index (χ0v) is 11.5. The highest BCUT2D eigenvalue weighted by atomic mass is 35.5. The second-order valence-corrected chi connectivity index (χ2v) is 6.00. The molecule has 1 N–H and O–H groups in total. The lowest BCUT2D eigenvalue weighted by molar-refractivity contribution is 0.0949. The highest BCUT2D eigenvalue weighted by Gasteiger charge is 2.18. The average molecular weight is 290 g/mol. The van der Waals surface area contributed by atoms with Crippen molar-refractivity contribution in [2.75, 3.05) is 18.1 Å². The average Bonchev–Trinajstić information content (AvgIpc) is 2.79. The zero-order chi connectivity index (χ0) is 12.3. The largest absolute Gasteiger partial charge is 0.352 e. The van der Waals surface area contributed by atoms with Gasteiger partial charge in [-0.3, -0.25) is 4.79 Å². The molecule has 1 aromatic carbocycles. The normalized spacial score (nSPS) is 19.3. The van der Waals surface area contributed by atoms with Crippen LogP contribution in [-0.4, -0.2) is 24.0 Å². The van der Waals surface area contributed by atoms with E-state index in [0.29, 0.717) is 28.1 Å². The number of hydrogen-bond acceptors (Lipinski definition) is 2. The second-order valence-electron chi connectivity index (χ2n) is 4.04. The van der Waals surface area contributed by atoms with Gasteiger partial charge in [0.15, 0.2) is 0 Å². The molecule has 1 saturated heterocycles. The Balaban J connectivity index is 1.99. The fraction of sp³-hybridized carbons (Fsp3) is 0.417. The quantitative estimate of drug-likeness (QED) is 0.923. The van der Waals surface area contributed by atoms with E-state index in [1.165, 1.54) is 12.2 Å². The predicted molar refractivity (Wildman–Crippen MR) is 74.2 cm³/mol. The number of thioether (sulfide) groups is 1. The van der Waals surface area contributed by atoms with Crippen LogP contribution in [0.3, 0.4) is 0 Å². The molecule has 92 valence electrons. The summed E-state index contributed by atoms with van der Waals surface area (Å²) in [4.78, 5) is 12.0. The third-order valence-electron chi connectivity index (χ3n) is 2.77. The highest BCUT2D eigenvalue weighted by Crippen LogP contribution is 2.25. The van der Waals surface area contributed by atoms with Gasteiger partial charge < -0.3 is 5.32 Å². The van der Waals surface area contributed by atoms with Gasteiger partial charge >= 0.3 is 0 Å². The maximum atomic E-state index is 12.0. The summed E-state index contributed by atoms with van der Waals surface area (Å²) in [6, 6.07) is 5.08. The van der Waals surface area contributed by atoms with E-state index in [2.05, 4.69) is 5.32 Å². The van der Waals surface area contributed by atoms with E-state index in [-0.39, 0.29) is 5.91 Å². The molecule has 1 aromatic rings. The molecule has 0 saturated carbocycles. The number of benzene rings is 1. The zero-order valence-electron chi connectivity index (χ0n) is 9.21. The van der Waals surface area contributed by atoms with Gasteiger partial charge in [-0.15, -0.1) is 0 Å². The fourth-order valence-corrected chi connectivity index (χ4v) is 3.64. The van der Waals surface area contributed by atoms with Crippen molar-refractivity contribution in [1.82, 2.24) is 5.32 Å². The smallest absolute Gasteiger partial charge is 0.254 e. The van der Waals surface area contributed by atoms with Gasteiger partial charge in [0, 0.05) is 6.54 Å². The maximum Gasteiger partial charge on any atom is 0.254 e. The number of amides is 1. The van der Waals surface area contributed by atoms with Crippen LogP contribution < -0.4 is 5.32 Å². The summed E-state index contributed by atoms with van der Waals surface area (Å²) >= 11 is 13.9. The number of carbonyl (C=O) groups is 1. The summed E-state index contributed by atoms with van der Waals surface area (Å²) in [6.07, 6.45) is 1.17. The van der Waals surface area contributed by atoms with Crippen LogP contribution in [0.25, 0.3) is 0 Å². The molecule has 1 heterocycles. The molecule has 0 bridgehead atoms. The Morgan fingerprint density at radius 1 is 1.41 bits per heavy atom. The van der Waals surface area contributed by atoms with Gasteiger partial charge in [-0.2, -0.15) is 11.8 Å². The van der Waals surface area contributed by atoms with Crippen molar-refractivity contribution in [3.63, 3.8) is 0 Å². The van der Waals surface area contributed by atoms with E-state index in [1.807, 2.05) is 11.8 Å². The fourth-order valence-electron chi connectivity index (χ4n) is 1.78. The molecule has 2 rings (SSSR count). The lowest BCUT2D eigenvalue weighted by Gasteiger charge is -2.11. The summed E-state index contributed by atoms with van der Waals surface area (Å²) < 4.78 is 0. The van der Waals surface area contributed by atoms with Crippen molar-refractivity contribution < 1.29 is 4.79 Å². The minimum atomic E-state index is -0.183. The van der Waals surface area contributed by atoms with Crippen molar-refractivity contribution in [2.24, 2.45) is 5.92 Å². The molecule has 1 aliphatic heterocycles. The lowest BCUT2D eigenvalue weighted by Crippen LogP contribution is -2.29. The van der Waals surface area contributed by atoms with Gasteiger partial charge in [-0.25, -0.2) is 0 Å². The van der Waals surface area contributed by atoms with E-state index < -0.39 is 0 Å².